The molecule has 0 aliphatic carbocycles. The van der Waals surface area contributed by atoms with Crippen molar-refractivity contribution >= 4 is 12.4 Å². The maximum Gasteiger partial charge on any atom is 0.101 e. The van der Waals surface area contributed by atoms with Crippen LogP contribution in [0.25, 0.3) is 11.1 Å². The largest absolute Gasteiger partial charge is 0.367 e. The van der Waals surface area contributed by atoms with Crippen molar-refractivity contribution in [3.05, 3.63) is 114 Å². The number of hydrogen-bond donors (Lipinski definition) is 0. The number of halogens is 1. The summed E-state index contributed by atoms with van der Waals surface area (Å²) in [6, 6.07) is 26.6. The molecule has 31 heavy (non-hydrogen) atoms. The van der Waals surface area contributed by atoms with Crippen LogP contribution in [0.5, 0.6) is 0 Å². The third-order valence-corrected chi connectivity index (χ3v) is 5.20. The van der Waals surface area contributed by atoms with Gasteiger partial charge in [-0.2, -0.15) is 5.26 Å². The number of ether oxygens (including phenoxy) is 1. The van der Waals surface area contributed by atoms with Crippen molar-refractivity contribution in [1.82, 2.24) is 9.55 Å². The predicted molar refractivity (Wildman–Crippen MR) is 125 cm³/mol. The molecule has 0 N–H and O–H groups in total. The summed E-state index contributed by atoms with van der Waals surface area (Å²) in [4.78, 5) is 4.16. The third kappa shape index (κ3) is 5.40. The summed E-state index contributed by atoms with van der Waals surface area (Å²) >= 11 is 0. The standard InChI is InChI=1S/C26H23N3O.ClH/c1-20-7-5-6-10-24(20)25-15-22(11-12-23(25)16-27)26(17-29-14-13-28-19-29)30-18-21-8-3-2-4-9-21;/h2-15,19,26H,17-18H2,1H3;1H. The van der Waals surface area contributed by atoms with E-state index in [2.05, 4.69) is 48.3 Å². The average molecular weight is 430 g/mol. The summed E-state index contributed by atoms with van der Waals surface area (Å²) in [7, 11) is 0. The summed E-state index contributed by atoms with van der Waals surface area (Å²) in [6.45, 7) is 3.23. The van der Waals surface area contributed by atoms with Crippen LogP contribution in [0.2, 0.25) is 0 Å². The van der Waals surface area contributed by atoms with Gasteiger partial charge in [0.1, 0.15) is 6.10 Å². The van der Waals surface area contributed by atoms with E-state index in [0.717, 1.165) is 27.8 Å². The second kappa shape index (κ2) is 10.6. The molecule has 0 saturated heterocycles. The maximum atomic E-state index is 9.67. The third-order valence-electron chi connectivity index (χ3n) is 5.20. The minimum atomic E-state index is -0.171. The normalized spacial score (nSPS) is 11.4. The lowest BCUT2D eigenvalue weighted by Crippen LogP contribution is -2.12. The Morgan fingerprint density at radius 1 is 1.00 bits per heavy atom. The zero-order chi connectivity index (χ0) is 20.8. The molecule has 4 rings (SSSR count). The van der Waals surface area contributed by atoms with Crippen molar-refractivity contribution in [3.8, 4) is 17.2 Å². The summed E-state index contributed by atoms with van der Waals surface area (Å²) in [5, 5.41) is 9.67. The van der Waals surface area contributed by atoms with Crippen LogP contribution in [0, 0.1) is 18.3 Å². The van der Waals surface area contributed by atoms with E-state index in [1.54, 1.807) is 12.5 Å². The molecule has 156 valence electrons. The number of nitrogens with zero attached hydrogens (tertiary/aromatic N) is 3. The molecule has 0 saturated carbocycles. The lowest BCUT2D eigenvalue weighted by Gasteiger charge is -2.21. The first-order valence-electron chi connectivity index (χ1n) is 9.96. The Hall–Kier alpha value is -3.39. The predicted octanol–water partition coefficient (Wildman–Crippen LogP) is 6.11. The molecule has 0 radical (unpaired) electrons. The molecule has 4 nitrogen and oxygen atoms in total. The van der Waals surface area contributed by atoms with Crippen LogP contribution in [0.1, 0.15) is 28.4 Å². The smallest absolute Gasteiger partial charge is 0.101 e. The quantitative estimate of drug-likeness (QED) is 0.356. The fourth-order valence-corrected chi connectivity index (χ4v) is 3.57. The molecule has 1 heterocycles. The van der Waals surface area contributed by atoms with Crippen LogP contribution in [0.3, 0.4) is 0 Å². The highest BCUT2D eigenvalue weighted by atomic mass is 35.5. The summed E-state index contributed by atoms with van der Waals surface area (Å²) in [6.07, 6.45) is 5.33. The zero-order valence-corrected chi connectivity index (χ0v) is 18.1. The Bertz CT molecular complexity index is 1150. The Labute approximate surface area is 189 Å². The molecule has 4 aromatic rings. The SMILES string of the molecule is Cc1ccccc1-c1cc(C(Cn2ccnc2)OCc2ccccc2)ccc1C#N.Cl. The van der Waals surface area contributed by atoms with Gasteiger partial charge in [-0.3, -0.25) is 0 Å². The molecule has 0 aliphatic heterocycles. The minimum Gasteiger partial charge on any atom is -0.367 e. The van der Waals surface area contributed by atoms with E-state index in [1.807, 2.05) is 53.2 Å². The second-order valence-corrected chi connectivity index (χ2v) is 7.28. The van der Waals surface area contributed by atoms with Gasteiger partial charge in [0, 0.05) is 18.0 Å². The van der Waals surface area contributed by atoms with Gasteiger partial charge in [-0.05, 0) is 41.3 Å². The van der Waals surface area contributed by atoms with Gasteiger partial charge in [-0.1, -0.05) is 60.7 Å². The number of imidazole rings is 1. The summed E-state index contributed by atoms with van der Waals surface area (Å²) in [5.74, 6) is 0. The number of aryl methyl sites for hydroxylation is 1. The molecular formula is C26H24ClN3O. The highest BCUT2D eigenvalue weighted by Gasteiger charge is 2.17. The van der Waals surface area contributed by atoms with Gasteiger partial charge in [-0.25, -0.2) is 4.98 Å². The molecule has 0 aliphatic rings. The zero-order valence-electron chi connectivity index (χ0n) is 17.3. The fourth-order valence-electron chi connectivity index (χ4n) is 3.57. The van der Waals surface area contributed by atoms with Crippen LogP contribution in [0.4, 0.5) is 0 Å². The van der Waals surface area contributed by atoms with Crippen molar-refractivity contribution in [2.45, 2.75) is 26.2 Å². The molecule has 3 aromatic carbocycles. The van der Waals surface area contributed by atoms with E-state index < -0.39 is 0 Å². The fraction of sp³-hybridized carbons (Fsp3) is 0.154. The van der Waals surface area contributed by atoms with Gasteiger partial charge in [0.05, 0.1) is 31.1 Å². The number of nitriles is 1. The number of aromatic nitrogens is 2. The summed E-state index contributed by atoms with van der Waals surface area (Å²) in [5.41, 5.74) is 5.98. The highest BCUT2D eigenvalue weighted by molar-refractivity contribution is 5.85. The first-order chi connectivity index (χ1) is 14.7. The van der Waals surface area contributed by atoms with E-state index >= 15 is 0 Å². The molecule has 1 atom stereocenters. The highest BCUT2D eigenvalue weighted by Crippen LogP contribution is 2.31. The van der Waals surface area contributed by atoms with Gasteiger partial charge < -0.3 is 9.30 Å². The van der Waals surface area contributed by atoms with Crippen molar-refractivity contribution < 1.29 is 4.74 Å². The van der Waals surface area contributed by atoms with E-state index in [-0.39, 0.29) is 18.5 Å². The molecule has 5 heteroatoms. The Morgan fingerprint density at radius 2 is 1.77 bits per heavy atom. The lowest BCUT2D eigenvalue weighted by atomic mass is 9.93. The van der Waals surface area contributed by atoms with Gasteiger partial charge in [-0.15, -0.1) is 12.4 Å². The average Bonchev–Trinajstić information content (AvgIpc) is 3.30. The van der Waals surface area contributed by atoms with E-state index in [9.17, 15) is 5.26 Å². The lowest BCUT2D eigenvalue weighted by molar-refractivity contribution is 0.0280. The first-order valence-corrected chi connectivity index (χ1v) is 9.96. The van der Waals surface area contributed by atoms with E-state index in [0.29, 0.717) is 18.7 Å². The van der Waals surface area contributed by atoms with Crippen LogP contribution in [-0.4, -0.2) is 9.55 Å². The van der Waals surface area contributed by atoms with Crippen LogP contribution < -0.4 is 0 Å². The van der Waals surface area contributed by atoms with Crippen LogP contribution in [-0.2, 0) is 17.9 Å². The van der Waals surface area contributed by atoms with Crippen LogP contribution >= 0.6 is 12.4 Å². The molecule has 0 fully saturated rings. The Balaban J connectivity index is 0.00000272. The van der Waals surface area contributed by atoms with Crippen LogP contribution in [0.15, 0.2) is 91.5 Å². The van der Waals surface area contributed by atoms with Gasteiger partial charge in [0.2, 0.25) is 0 Å². The topological polar surface area (TPSA) is 50.8 Å². The number of hydrogen-bond acceptors (Lipinski definition) is 3. The minimum absolute atomic E-state index is 0. The molecular weight excluding hydrogens is 406 g/mol. The monoisotopic (exact) mass is 429 g/mol. The van der Waals surface area contributed by atoms with Crippen molar-refractivity contribution in [3.63, 3.8) is 0 Å². The van der Waals surface area contributed by atoms with Crippen molar-refractivity contribution in [2.75, 3.05) is 0 Å². The summed E-state index contributed by atoms with van der Waals surface area (Å²) < 4.78 is 8.37. The number of benzene rings is 3. The first kappa shape index (κ1) is 22.3. The van der Waals surface area contributed by atoms with Gasteiger partial charge in [0.15, 0.2) is 0 Å². The Kier molecular flexibility index (Phi) is 7.61. The van der Waals surface area contributed by atoms with E-state index in [4.69, 9.17) is 4.74 Å². The molecule has 0 spiro atoms. The Morgan fingerprint density at radius 3 is 2.48 bits per heavy atom. The van der Waals surface area contributed by atoms with Crippen molar-refractivity contribution in [2.24, 2.45) is 0 Å². The molecule has 1 aromatic heterocycles. The van der Waals surface area contributed by atoms with Crippen molar-refractivity contribution in [1.29, 1.82) is 5.26 Å². The van der Waals surface area contributed by atoms with Gasteiger partial charge >= 0.3 is 0 Å². The molecule has 1 unspecified atom stereocenters. The maximum absolute atomic E-state index is 9.67. The van der Waals surface area contributed by atoms with Gasteiger partial charge in [0.25, 0.3) is 0 Å². The second-order valence-electron chi connectivity index (χ2n) is 7.28. The molecule has 0 bridgehead atoms. The molecule has 0 amide bonds. The van der Waals surface area contributed by atoms with E-state index in [1.165, 1.54) is 0 Å². The number of rotatable bonds is 7.